The van der Waals surface area contributed by atoms with Crippen LogP contribution >= 0.6 is 0 Å². The lowest BCUT2D eigenvalue weighted by molar-refractivity contribution is 0.0359. The van der Waals surface area contributed by atoms with Gasteiger partial charge in [-0.15, -0.1) is 0 Å². The van der Waals surface area contributed by atoms with Crippen molar-refractivity contribution in [3.05, 3.63) is 73.5 Å². The summed E-state index contributed by atoms with van der Waals surface area (Å²) in [5.74, 6) is 0. The van der Waals surface area contributed by atoms with Crippen molar-refractivity contribution in [1.82, 2.24) is 19.6 Å². The zero-order valence-corrected chi connectivity index (χ0v) is 12.3. The molecule has 0 saturated heterocycles. The minimum absolute atomic E-state index is 0.188. The molecule has 0 amide bonds. The molecule has 0 spiro atoms. The van der Waals surface area contributed by atoms with Crippen molar-refractivity contribution < 1.29 is 0 Å². The van der Waals surface area contributed by atoms with Gasteiger partial charge in [-0.05, 0) is 11.1 Å². The van der Waals surface area contributed by atoms with E-state index in [-0.39, 0.29) is 5.66 Å². The monoisotopic (exact) mass is 278 g/mol. The van der Waals surface area contributed by atoms with Crippen LogP contribution in [0.2, 0.25) is 0 Å². The predicted molar refractivity (Wildman–Crippen MR) is 80.6 cm³/mol. The summed E-state index contributed by atoms with van der Waals surface area (Å²) in [5.41, 5.74) is 2.63. The smallest absolute Gasteiger partial charge is 0.209 e. The average molecular weight is 278 g/mol. The minimum Gasteiger partial charge on any atom is -0.349 e. The zero-order valence-electron chi connectivity index (χ0n) is 12.3. The molecule has 21 heavy (non-hydrogen) atoms. The number of hydrogen-bond acceptors (Lipinski definition) is 4. The van der Waals surface area contributed by atoms with Crippen LogP contribution in [-0.2, 0) is 12.8 Å². The molecule has 2 aliphatic heterocycles. The molecule has 1 aromatic rings. The summed E-state index contributed by atoms with van der Waals surface area (Å²) in [5, 5.41) is 0. The minimum atomic E-state index is -0.188. The summed E-state index contributed by atoms with van der Waals surface area (Å²) >= 11 is 0. The Morgan fingerprint density at radius 1 is 0.810 bits per heavy atom. The third-order valence-electron chi connectivity index (χ3n) is 4.37. The fourth-order valence-corrected chi connectivity index (χ4v) is 3.30. The van der Waals surface area contributed by atoms with Crippen LogP contribution in [0, 0.1) is 13.3 Å². The van der Waals surface area contributed by atoms with Gasteiger partial charge in [0.2, 0.25) is 13.3 Å². The molecule has 0 unspecified atom stereocenters. The third kappa shape index (κ3) is 1.89. The number of rotatable bonds is 2. The summed E-state index contributed by atoms with van der Waals surface area (Å²) in [6, 6.07) is 8.69. The predicted octanol–water partition coefficient (Wildman–Crippen LogP) is 1.91. The van der Waals surface area contributed by atoms with E-state index in [1.807, 2.05) is 36.3 Å². The molecule has 4 nitrogen and oxygen atoms in total. The SMILES string of the molecule is CN1[C]N(C2(N3[C]N(C)C=C3)Cc3ccccc3C2)C=C1. The molecule has 106 valence electrons. The molecule has 0 atom stereocenters. The molecule has 0 saturated carbocycles. The van der Waals surface area contributed by atoms with E-state index in [9.17, 15) is 0 Å². The van der Waals surface area contributed by atoms with Gasteiger partial charge in [-0.3, -0.25) is 0 Å². The molecule has 3 aliphatic rings. The van der Waals surface area contributed by atoms with Crippen molar-refractivity contribution in [2.45, 2.75) is 18.5 Å². The van der Waals surface area contributed by atoms with Gasteiger partial charge in [-0.2, -0.15) is 0 Å². The second kappa shape index (κ2) is 4.45. The number of hydrogen-bond donors (Lipinski definition) is 0. The summed E-state index contributed by atoms with van der Waals surface area (Å²) < 4.78 is 0. The first-order chi connectivity index (χ1) is 10.2. The van der Waals surface area contributed by atoms with Gasteiger partial charge in [-0.25, -0.2) is 0 Å². The van der Waals surface area contributed by atoms with Crippen LogP contribution in [0.25, 0.3) is 0 Å². The summed E-state index contributed by atoms with van der Waals surface area (Å²) in [7, 11) is 4.01. The molecular formula is C17H18N4. The molecule has 4 heteroatoms. The lowest BCUT2D eigenvalue weighted by Crippen LogP contribution is -2.55. The number of benzene rings is 1. The van der Waals surface area contributed by atoms with Gasteiger partial charge in [0, 0.05) is 51.7 Å². The maximum Gasteiger partial charge on any atom is 0.209 e. The largest absolute Gasteiger partial charge is 0.349 e. The van der Waals surface area contributed by atoms with Crippen molar-refractivity contribution in [1.29, 1.82) is 0 Å². The molecular weight excluding hydrogens is 260 g/mol. The third-order valence-corrected chi connectivity index (χ3v) is 4.37. The van der Waals surface area contributed by atoms with E-state index in [1.165, 1.54) is 11.1 Å². The Labute approximate surface area is 126 Å². The van der Waals surface area contributed by atoms with Gasteiger partial charge >= 0.3 is 0 Å². The normalized spacial score (nSPS) is 22.6. The van der Waals surface area contributed by atoms with Crippen LogP contribution < -0.4 is 0 Å². The summed E-state index contributed by atoms with van der Waals surface area (Å²) in [4.78, 5) is 8.30. The van der Waals surface area contributed by atoms with Gasteiger partial charge in [0.1, 0.15) is 5.66 Å². The molecule has 1 aliphatic carbocycles. The van der Waals surface area contributed by atoms with E-state index < -0.39 is 0 Å². The fraction of sp³-hybridized carbons (Fsp3) is 0.294. The van der Waals surface area contributed by atoms with Gasteiger partial charge in [0.15, 0.2) is 0 Å². The molecule has 1 aromatic carbocycles. The van der Waals surface area contributed by atoms with Gasteiger partial charge in [0.25, 0.3) is 0 Å². The topological polar surface area (TPSA) is 13.0 Å². The van der Waals surface area contributed by atoms with E-state index in [1.54, 1.807) is 0 Å². The summed E-state index contributed by atoms with van der Waals surface area (Å²) in [6.45, 7) is 6.77. The first-order valence-electron chi connectivity index (χ1n) is 7.18. The number of fused-ring (bicyclic) bond motifs is 1. The average Bonchev–Trinajstić information content (AvgIpc) is 3.16. The Bertz CT molecular complexity index is 554. The second-order valence-corrected chi connectivity index (χ2v) is 5.86. The van der Waals surface area contributed by atoms with Crippen molar-refractivity contribution in [3.63, 3.8) is 0 Å². The maximum atomic E-state index is 3.38. The van der Waals surface area contributed by atoms with E-state index in [4.69, 9.17) is 0 Å². The molecule has 4 radical (unpaired) electrons. The molecule has 0 fully saturated rings. The summed E-state index contributed by atoms with van der Waals surface area (Å²) in [6.07, 6.45) is 10.2. The van der Waals surface area contributed by atoms with Gasteiger partial charge < -0.3 is 19.6 Å². The Balaban J connectivity index is 1.71. The molecule has 4 rings (SSSR count). The zero-order chi connectivity index (χ0) is 14.4. The van der Waals surface area contributed by atoms with E-state index in [2.05, 4.69) is 59.8 Å². The molecule has 0 N–H and O–H groups in total. The molecule has 2 heterocycles. The highest BCUT2D eigenvalue weighted by Gasteiger charge is 2.48. The van der Waals surface area contributed by atoms with Crippen molar-refractivity contribution in [3.8, 4) is 0 Å². The highest BCUT2D eigenvalue weighted by molar-refractivity contribution is 5.38. The van der Waals surface area contributed by atoms with E-state index in [0.29, 0.717) is 0 Å². The lowest BCUT2D eigenvalue weighted by Gasteiger charge is -2.44. The quantitative estimate of drug-likeness (QED) is 0.819. The standard InChI is InChI=1S/C17H18N4/c1-18-7-9-20(13-18)17(21-10-8-19(2)14-21)11-15-5-3-4-6-16(15)12-17/h3-10H,11-12H2,1-2H3. The Kier molecular flexibility index (Phi) is 2.67. The Morgan fingerprint density at radius 3 is 1.67 bits per heavy atom. The van der Waals surface area contributed by atoms with Crippen molar-refractivity contribution in [2.75, 3.05) is 14.1 Å². The first-order valence-corrected chi connectivity index (χ1v) is 7.18. The van der Waals surface area contributed by atoms with Crippen LogP contribution in [0.1, 0.15) is 11.1 Å². The van der Waals surface area contributed by atoms with Crippen LogP contribution in [0.5, 0.6) is 0 Å². The first kappa shape index (κ1) is 12.6. The highest BCUT2D eigenvalue weighted by atomic mass is 15.5. The Hall–Kier alpha value is -2.10. The van der Waals surface area contributed by atoms with E-state index in [0.717, 1.165) is 12.8 Å². The maximum absolute atomic E-state index is 3.38. The van der Waals surface area contributed by atoms with Gasteiger partial charge in [0.05, 0.1) is 0 Å². The molecule has 0 aromatic heterocycles. The van der Waals surface area contributed by atoms with Crippen LogP contribution in [0.4, 0.5) is 0 Å². The van der Waals surface area contributed by atoms with Crippen LogP contribution in [0.3, 0.4) is 0 Å². The van der Waals surface area contributed by atoms with Crippen molar-refractivity contribution >= 4 is 0 Å². The van der Waals surface area contributed by atoms with E-state index >= 15 is 0 Å². The Morgan fingerprint density at radius 2 is 1.29 bits per heavy atom. The lowest BCUT2D eigenvalue weighted by atomic mass is 10.0. The fourth-order valence-electron chi connectivity index (χ4n) is 3.30. The van der Waals surface area contributed by atoms with Crippen LogP contribution in [-0.4, -0.2) is 39.4 Å². The van der Waals surface area contributed by atoms with Gasteiger partial charge in [-0.1, -0.05) is 24.3 Å². The molecule has 0 bridgehead atoms. The van der Waals surface area contributed by atoms with Crippen LogP contribution in [0.15, 0.2) is 49.1 Å². The second-order valence-electron chi connectivity index (χ2n) is 5.86. The highest BCUT2D eigenvalue weighted by Crippen LogP contribution is 2.41. The van der Waals surface area contributed by atoms with Crippen molar-refractivity contribution in [2.24, 2.45) is 0 Å². The number of nitrogens with zero attached hydrogens (tertiary/aromatic N) is 4.